The van der Waals surface area contributed by atoms with Crippen LogP contribution in [0, 0.1) is 6.92 Å². The van der Waals surface area contributed by atoms with Crippen LogP contribution in [0.15, 0.2) is 22.6 Å². The minimum absolute atomic E-state index is 0.00877. The molecule has 1 amide bonds. The summed E-state index contributed by atoms with van der Waals surface area (Å²) in [5.74, 6) is 0.495. The Morgan fingerprint density at radius 1 is 1.46 bits per heavy atom. The maximum Gasteiger partial charge on any atom is 0.273 e. The number of aromatic nitrogens is 3. The molecule has 0 spiro atoms. The molecule has 128 valence electrons. The fourth-order valence-electron chi connectivity index (χ4n) is 2.62. The van der Waals surface area contributed by atoms with Crippen molar-refractivity contribution in [2.75, 3.05) is 13.2 Å². The van der Waals surface area contributed by atoms with Gasteiger partial charge in [-0.3, -0.25) is 4.79 Å². The number of hydrogen-bond acceptors (Lipinski definition) is 6. The van der Waals surface area contributed by atoms with Gasteiger partial charge in [0.05, 0.1) is 0 Å². The van der Waals surface area contributed by atoms with Gasteiger partial charge in [0.2, 0.25) is 17.7 Å². The van der Waals surface area contributed by atoms with Crippen molar-refractivity contribution in [3.8, 4) is 5.88 Å². The zero-order valence-electron chi connectivity index (χ0n) is 13.0. The number of likely N-dealkylation sites (tertiary alicyclic amines) is 1. The van der Waals surface area contributed by atoms with Crippen molar-refractivity contribution in [2.45, 2.75) is 32.2 Å². The molecule has 0 aromatic carbocycles. The summed E-state index contributed by atoms with van der Waals surface area (Å²) in [6.07, 6.45) is -1.08. The highest BCUT2D eigenvalue weighted by molar-refractivity contribution is 5.92. The van der Waals surface area contributed by atoms with Crippen molar-refractivity contribution in [3.63, 3.8) is 0 Å². The molecular weight excluding hydrogens is 322 g/mol. The molecule has 24 heavy (non-hydrogen) atoms. The van der Waals surface area contributed by atoms with Crippen molar-refractivity contribution >= 4 is 5.91 Å². The molecule has 0 bridgehead atoms. The van der Waals surface area contributed by atoms with Crippen LogP contribution in [0.3, 0.4) is 0 Å². The van der Waals surface area contributed by atoms with Gasteiger partial charge in [-0.25, -0.2) is 13.8 Å². The van der Waals surface area contributed by atoms with Crippen molar-refractivity contribution in [1.29, 1.82) is 0 Å². The molecule has 3 rings (SSSR count). The number of amides is 1. The maximum absolute atomic E-state index is 12.7. The second kappa shape index (κ2) is 6.90. The summed E-state index contributed by atoms with van der Waals surface area (Å²) in [6.45, 7) is 1.45. The lowest BCUT2D eigenvalue weighted by molar-refractivity contribution is 0.0701. The van der Waals surface area contributed by atoms with E-state index in [0.29, 0.717) is 18.3 Å². The van der Waals surface area contributed by atoms with Crippen LogP contribution in [0.4, 0.5) is 8.78 Å². The standard InChI is InChI=1S/C15H16F2N4O3/c1-9-19-20-14(24-9)11-5-3-7-21(11)15(22)10-4-2-6-13(18-10)23-8-12(16)17/h2,4,6,11-12H,3,5,7-8H2,1H3. The third kappa shape index (κ3) is 3.50. The molecule has 2 aromatic rings. The van der Waals surface area contributed by atoms with Gasteiger partial charge in [0.25, 0.3) is 12.3 Å². The molecule has 9 heteroatoms. The second-order valence-electron chi connectivity index (χ2n) is 5.38. The number of alkyl halides is 2. The lowest BCUT2D eigenvalue weighted by Crippen LogP contribution is -2.31. The molecule has 7 nitrogen and oxygen atoms in total. The molecule has 0 saturated carbocycles. The van der Waals surface area contributed by atoms with E-state index in [-0.39, 0.29) is 23.5 Å². The third-order valence-electron chi connectivity index (χ3n) is 3.64. The molecule has 0 aliphatic carbocycles. The SMILES string of the molecule is Cc1nnc(C2CCCN2C(=O)c2cccc(OCC(F)F)n2)o1. The monoisotopic (exact) mass is 338 g/mol. The number of rotatable bonds is 5. The predicted octanol–water partition coefficient (Wildman–Crippen LogP) is 2.39. The summed E-state index contributed by atoms with van der Waals surface area (Å²) in [4.78, 5) is 18.3. The number of nitrogens with zero attached hydrogens (tertiary/aromatic N) is 4. The predicted molar refractivity (Wildman–Crippen MR) is 77.8 cm³/mol. The molecule has 1 fully saturated rings. The van der Waals surface area contributed by atoms with Gasteiger partial charge in [0.15, 0.2) is 6.61 Å². The third-order valence-corrected chi connectivity index (χ3v) is 3.64. The quantitative estimate of drug-likeness (QED) is 0.833. The number of pyridine rings is 1. The molecule has 1 unspecified atom stereocenters. The van der Waals surface area contributed by atoms with E-state index in [0.717, 1.165) is 12.8 Å². The lowest BCUT2D eigenvalue weighted by atomic mass is 10.2. The van der Waals surface area contributed by atoms with E-state index in [4.69, 9.17) is 9.15 Å². The molecule has 1 aliphatic heterocycles. The van der Waals surface area contributed by atoms with Gasteiger partial charge in [-0.2, -0.15) is 0 Å². The normalized spacial score (nSPS) is 17.5. The molecular formula is C15H16F2N4O3. The first-order valence-electron chi connectivity index (χ1n) is 7.53. The highest BCUT2D eigenvalue weighted by Crippen LogP contribution is 2.32. The van der Waals surface area contributed by atoms with E-state index in [9.17, 15) is 13.6 Å². The van der Waals surface area contributed by atoms with Crippen molar-refractivity contribution < 1.29 is 22.7 Å². The van der Waals surface area contributed by atoms with Crippen LogP contribution in [-0.2, 0) is 0 Å². The number of carbonyl (C=O) groups is 1. The van der Waals surface area contributed by atoms with E-state index in [2.05, 4.69) is 15.2 Å². The summed E-state index contributed by atoms with van der Waals surface area (Å²) in [5, 5.41) is 7.77. The zero-order valence-corrected chi connectivity index (χ0v) is 13.0. The van der Waals surface area contributed by atoms with Crippen LogP contribution in [-0.4, -0.2) is 45.6 Å². The van der Waals surface area contributed by atoms with E-state index < -0.39 is 13.0 Å². The second-order valence-corrected chi connectivity index (χ2v) is 5.38. The summed E-state index contributed by atoms with van der Waals surface area (Å²) in [6, 6.07) is 4.20. The van der Waals surface area contributed by atoms with Crippen LogP contribution in [0.25, 0.3) is 0 Å². The molecule has 1 aliphatic rings. The first kappa shape index (κ1) is 16.3. The number of carbonyl (C=O) groups excluding carboxylic acids is 1. The highest BCUT2D eigenvalue weighted by Gasteiger charge is 2.34. The molecule has 2 aromatic heterocycles. The van der Waals surface area contributed by atoms with Gasteiger partial charge in [0, 0.05) is 19.5 Å². The minimum atomic E-state index is -2.60. The Morgan fingerprint density at radius 2 is 2.29 bits per heavy atom. The number of halogens is 2. The van der Waals surface area contributed by atoms with E-state index in [1.807, 2.05) is 0 Å². The summed E-state index contributed by atoms with van der Waals surface area (Å²) >= 11 is 0. The van der Waals surface area contributed by atoms with E-state index >= 15 is 0 Å². The smallest absolute Gasteiger partial charge is 0.273 e. The van der Waals surface area contributed by atoms with Gasteiger partial charge in [-0.1, -0.05) is 6.07 Å². The highest BCUT2D eigenvalue weighted by atomic mass is 19.3. The van der Waals surface area contributed by atoms with Gasteiger partial charge < -0.3 is 14.1 Å². The zero-order chi connectivity index (χ0) is 17.1. The molecule has 1 saturated heterocycles. The van der Waals surface area contributed by atoms with Gasteiger partial charge >= 0.3 is 0 Å². The van der Waals surface area contributed by atoms with Gasteiger partial charge in [-0.15, -0.1) is 10.2 Å². The van der Waals surface area contributed by atoms with Gasteiger partial charge in [0.1, 0.15) is 11.7 Å². The lowest BCUT2D eigenvalue weighted by Gasteiger charge is -2.21. The van der Waals surface area contributed by atoms with E-state index in [1.54, 1.807) is 17.9 Å². The largest absolute Gasteiger partial charge is 0.472 e. The van der Waals surface area contributed by atoms with Gasteiger partial charge in [-0.05, 0) is 18.9 Å². The molecule has 0 radical (unpaired) electrons. The Labute approximate surface area is 136 Å². The van der Waals surface area contributed by atoms with Crippen LogP contribution in [0.2, 0.25) is 0 Å². The minimum Gasteiger partial charge on any atom is -0.472 e. The number of hydrogen-bond donors (Lipinski definition) is 0. The number of ether oxygens (including phenoxy) is 1. The fraction of sp³-hybridized carbons (Fsp3) is 0.467. The summed E-state index contributed by atoms with van der Waals surface area (Å²) in [7, 11) is 0. The van der Waals surface area contributed by atoms with Crippen LogP contribution in [0.1, 0.15) is 41.2 Å². The summed E-state index contributed by atoms with van der Waals surface area (Å²) < 4.78 is 34.7. The van der Waals surface area contributed by atoms with Crippen LogP contribution < -0.4 is 4.74 Å². The van der Waals surface area contributed by atoms with Crippen molar-refractivity contribution in [2.24, 2.45) is 0 Å². The Bertz CT molecular complexity index is 722. The van der Waals surface area contributed by atoms with E-state index in [1.165, 1.54) is 12.1 Å². The first-order valence-corrected chi connectivity index (χ1v) is 7.53. The first-order chi connectivity index (χ1) is 11.5. The van der Waals surface area contributed by atoms with Crippen molar-refractivity contribution in [3.05, 3.63) is 35.7 Å². The molecule has 0 N–H and O–H groups in total. The topological polar surface area (TPSA) is 81.4 Å². The fourth-order valence-corrected chi connectivity index (χ4v) is 2.62. The molecule has 1 atom stereocenters. The van der Waals surface area contributed by atoms with Crippen LogP contribution >= 0.6 is 0 Å². The Balaban J connectivity index is 1.76. The number of aryl methyl sites for hydroxylation is 1. The average molecular weight is 338 g/mol. The Kier molecular flexibility index (Phi) is 4.68. The molecule has 3 heterocycles. The summed E-state index contributed by atoms with van der Waals surface area (Å²) in [5.41, 5.74) is 0.130. The average Bonchev–Trinajstić information content (AvgIpc) is 3.21. The van der Waals surface area contributed by atoms with Crippen molar-refractivity contribution in [1.82, 2.24) is 20.1 Å². The maximum atomic E-state index is 12.7. The Morgan fingerprint density at radius 3 is 3.00 bits per heavy atom. The van der Waals surface area contributed by atoms with Crippen LogP contribution in [0.5, 0.6) is 5.88 Å². The Hall–Kier alpha value is -2.58.